The Balaban J connectivity index is 0.000000181. The molecule has 46 heavy (non-hydrogen) atoms. The van der Waals surface area contributed by atoms with E-state index in [2.05, 4.69) is 10.2 Å². The number of hydrogen-bond acceptors (Lipinski definition) is 8. The molecular weight excluding hydrogens is 588 g/mol. The van der Waals surface area contributed by atoms with E-state index < -0.39 is 11.2 Å². The number of aromatic nitrogens is 4. The van der Waals surface area contributed by atoms with E-state index >= 15 is 0 Å². The molecule has 0 radical (unpaired) electrons. The van der Waals surface area contributed by atoms with Crippen molar-refractivity contribution in [2.75, 3.05) is 40.4 Å². The molecule has 6 rings (SSSR count). The van der Waals surface area contributed by atoms with E-state index in [1.165, 1.54) is 0 Å². The van der Waals surface area contributed by atoms with Gasteiger partial charge >= 0.3 is 12.2 Å². The van der Waals surface area contributed by atoms with Crippen molar-refractivity contribution in [2.24, 2.45) is 0 Å². The lowest BCUT2D eigenvalue weighted by molar-refractivity contribution is -0.0137. The molecule has 248 valence electrons. The predicted octanol–water partition coefficient (Wildman–Crippen LogP) is 5.95. The zero-order chi connectivity index (χ0) is 33.2. The third kappa shape index (κ3) is 7.79. The zero-order valence-corrected chi connectivity index (χ0v) is 28.1. The van der Waals surface area contributed by atoms with E-state index in [0.717, 1.165) is 46.3 Å². The van der Waals surface area contributed by atoms with Gasteiger partial charge < -0.3 is 28.7 Å². The number of amides is 2. The number of nitrogens with zero attached hydrogens (tertiary/aromatic N) is 6. The Morgan fingerprint density at radius 2 is 1.09 bits per heavy atom. The molecule has 2 aromatic heterocycles. The molecule has 2 aromatic carbocycles. The number of hydrogen-bond donors (Lipinski definition) is 0. The first-order valence-corrected chi connectivity index (χ1v) is 15.7. The minimum atomic E-state index is -0.507. The number of ether oxygens (including phenoxy) is 4. The largest absolute Gasteiger partial charge is 0.444 e. The van der Waals surface area contributed by atoms with E-state index in [0.29, 0.717) is 26.3 Å². The SMILES string of the molecule is CN(C[C@@H]1OCCn2nc3ccccc3c21)C(=O)OC(C)(C)C.CN(C[C@H]1OCCn2nc3ccccc3c21)C(=O)OC(C)(C)C. The van der Waals surface area contributed by atoms with Crippen LogP contribution >= 0.6 is 0 Å². The lowest BCUT2D eigenvalue weighted by Gasteiger charge is -2.30. The molecule has 0 bridgehead atoms. The van der Waals surface area contributed by atoms with Gasteiger partial charge in [0.2, 0.25) is 0 Å². The molecule has 0 saturated heterocycles. The van der Waals surface area contributed by atoms with E-state index in [4.69, 9.17) is 18.9 Å². The van der Waals surface area contributed by atoms with Crippen LogP contribution in [-0.4, -0.2) is 93.1 Å². The summed E-state index contributed by atoms with van der Waals surface area (Å²) < 4.78 is 26.6. The predicted molar refractivity (Wildman–Crippen MR) is 175 cm³/mol. The third-order valence-electron chi connectivity index (χ3n) is 7.52. The number of rotatable bonds is 4. The summed E-state index contributed by atoms with van der Waals surface area (Å²) in [5.74, 6) is 0. The first-order chi connectivity index (χ1) is 21.7. The van der Waals surface area contributed by atoms with Crippen LogP contribution < -0.4 is 0 Å². The van der Waals surface area contributed by atoms with Gasteiger partial charge in [0, 0.05) is 24.9 Å². The summed E-state index contributed by atoms with van der Waals surface area (Å²) in [5, 5.41) is 11.4. The van der Waals surface area contributed by atoms with Gasteiger partial charge in [0.15, 0.2) is 0 Å². The van der Waals surface area contributed by atoms with Crippen LogP contribution in [0.3, 0.4) is 0 Å². The van der Waals surface area contributed by atoms with Crippen LogP contribution in [-0.2, 0) is 32.0 Å². The summed E-state index contributed by atoms with van der Waals surface area (Å²) >= 11 is 0. The first kappa shape index (κ1) is 33.2. The maximum atomic E-state index is 12.2. The summed E-state index contributed by atoms with van der Waals surface area (Å²) in [6.07, 6.45) is -1.09. The number of fused-ring (bicyclic) bond motifs is 6. The summed E-state index contributed by atoms with van der Waals surface area (Å²) in [6, 6.07) is 16.0. The smallest absolute Gasteiger partial charge is 0.410 e. The average Bonchev–Trinajstić information content (AvgIpc) is 3.55. The van der Waals surface area contributed by atoms with Gasteiger partial charge in [-0.25, -0.2) is 9.59 Å². The summed E-state index contributed by atoms with van der Waals surface area (Å²) in [7, 11) is 3.46. The Hall–Kier alpha value is -4.16. The highest BCUT2D eigenvalue weighted by molar-refractivity contribution is 5.83. The lowest BCUT2D eigenvalue weighted by Crippen LogP contribution is -2.38. The van der Waals surface area contributed by atoms with Crippen LogP contribution in [0.5, 0.6) is 0 Å². The van der Waals surface area contributed by atoms with Crippen molar-refractivity contribution in [3.8, 4) is 0 Å². The minimum absolute atomic E-state index is 0.200. The van der Waals surface area contributed by atoms with Gasteiger partial charge in [-0.1, -0.05) is 36.4 Å². The maximum Gasteiger partial charge on any atom is 0.410 e. The van der Waals surface area contributed by atoms with Crippen molar-refractivity contribution >= 4 is 34.0 Å². The van der Waals surface area contributed by atoms with Crippen molar-refractivity contribution < 1.29 is 28.5 Å². The third-order valence-corrected chi connectivity index (χ3v) is 7.52. The van der Waals surface area contributed by atoms with Gasteiger partial charge in [-0.3, -0.25) is 9.36 Å². The van der Waals surface area contributed by atoms with Crippen molar-refractivity contribution in [1.82, 2.24) is 29.4 Å². The van der Waals surface area contributed by atoms with Crippen molar-refractivity contribution in [3.05, 3.63) is 59.9 Å². The van der Waals surface area contributed by atoms with Gasteiger partial charge in [0.25, 0.3) is 0 Å². The molecule has 0 saturated carbocycles. The Morgan fingerprint density at radius 3 is 1.46 bits per heavy atom. The molecule has 2 atom stereocenters. The van der Waals surface area contributed by atoms with Gasteiger partial charge in [-0.2, -0.15) is 10.2 Å². The van der Waals surface area contributed by atoms with E-state index in [-0.39, 0.29) is 24.4 Å². The number of likely N-dealkylation sites (N-methyl/N-ethyl adjacent to an activating group) is 2. The van der Waals surface area contributed by atoms with Gasteiger partial charge in [-0.15, -0.1) is 0 Å². The maximum absolute atomic E-state index is 12.2. The van der Waals surface area contributed by atoms with Crippen molar-refractivity contribution in [3.63, 3.8) is 0 Å². The quantitative estimate of drug-likeness (QED) is 0.271. The van der Waals surface area contributed by atoms with Gasteiger partial charge in [-0.05, 0) is 53.7 Å². The molecule has 12 heteroatoms. The second kappa shape index (κ2) is 13.3. The van der Waals surface area contributed by atoms with Crippen LogP contribution in [0, 0.1) is 0 Å². The second-order valence-electron chi connectivity index (χ2n) is 13.7. The highest BCUT2D eigenvalue weighted by Crippen LogP contribution is 2.32. The fourth-order valence-corrected chi connectivity index (χ4v) is 5.55. The first-order valence-electron chi connectivity index (χ1n) is 15.7. The number of carbonyl (C=O) groups excluding carboxylic acids is 2. The standard InChI is InChI=1S/2C17H23N3O3/c2*1-17(2,3)23-16(21)19(4)11-14-15-12-7-5-6-8-13(12)18-20(15)9-10-22-14/h2*5-8,14H,9-11H2,1-4H3/t2*14-/m10/s1. The Labute approximate surface area is 270 Å². The molecule has 4 heterocycles. The lowest BCUT2D eigenvalue weighted by atomic mass is 10.1. The molecule has 0 aliphatic carbocycles. The van der Waals surface area contributed by atoms with Crippen LogP contribution in [0.25, 0.3) is 21.8 Å². The fourth-order valence-electron chi connectivity index (χ4n) is 5.55. The molecular formula is C34H46N6O6. The Bertz CT molecular complexity index is 1560. The highest BCUT2D eigenvalue weighted by Gasteiger charge is 2.30. The van der Waals surface area contributed by atoms with Crippen molar-refractivity contribution in [1.29, 1.82) is 0 Å². The summed E-state index contributed by atoms with van der Waals surface area (Å²) in [6.45, 7) is 14.7. The van der Waals surface area contributed by atoms with Gasteiger partial charge in [0.1, 0.15) is 23.4 Å². The normalized spacial score (nSPS) is 17.8. The molecule has 0 fully saturated rings. The minimum Gasteiger partial charge on any atom is -0.444 e. The van der Waals surface area contributed by atoms with E-state index in [1.807, 2.05) is 99.4 Å². The van der Waals surface area contributed by atoms with Crippen LogP contribution in [0.4, 0.5) is 9.59 Å². The molecule has 2 amide bonds. The van der Waals surface area contributed by atoms with Crippen LogP contribution in [0.2, 0.25) is 0 Å². The average molecular weight is 635 g/mol. The Kier molecular flexibility index (Phi) is 9.59. The van der Waals surface area contributed by atoms with Gasteiger partial charge in [0.05, 0.1) is 61.8 Å². The van der Waals surface area contributed by atoms with Crippen molar-refractivity contribution in [2.45, 2.75) is 78.0 Å². The zero-order valence-electron chi connectivity index (χ0n) is 28.1. The Morgan fingerprint density at radius 1 is 0.717 bits per heavy atom. The van der Waals surface area contributed by atoms with E-state index in [9.17, 15) is 9.59 Å². The monoisotopic (exact) mass is 634 g/mol. The van der Waals surface area contributed by atoms with E-state index in [1.54, 1.807) is 23.9 Å². The summed E-state index contributed by atoms with van der Waals surface area (Å²) in [5.41, 5.74) is 2.96. The summed E-state index contributed by atoms with van der Waals surface area (Å²) in [4.78, 5) is 27.5. The topological polar surface area (TPSA) is 113 Å². The molecule has 0 unspecified atom stereocenters. The number of benzene rings is 2. The molecule has 4 aromatic rings. The van der Waals surface area contributed by atoms with Crippen LogP contribution in [0.1, 0.15) is 65.1 Å². The molecule has 0 N–H and O–H groups in total. The second-order valence-corrected chi connectivity index (χ2v) is 13.7. The molecule has 2 aliphatic rings. The highest BCUT2D eigenvalue weighted by atomic mass is 16.6. The molecule has 12 nitrogen and oxygen atoms in total. The molecule has 0 spiro atoms. The molecule has 2 aliphatic heterocycles. The van der Waals surface area contributed by atoms with Crippen LogP contribution in [0.15, 0.2) is 48.5 Å². The fraction of sp³-hybridized carbons (Fsp3) is 0.529. The number of carbonyl (C=O) groups is 2.